The van der Waals surface area contributed by atoms with Gasteiger partial charge in [0.15, 0.2) is 11.6 Å². The zero-order valence-electron chi connectivity index (χ0n) is 17.4. The molecule has 0 atom stereocenters. The van der Waals surface area contributed by atoms with E-state index in [1.807, 2.05) is 18.2 Å². The molecule has 0 aliphatic heterocycles. The molecule has 0 radical (unpaired) electrons. The van der Waals surface area contributed by atoms with Crippen molar-refractivity contribution in [3.8, 4) is 11.8 Å². The van der Waals surface area contributed by atoms with Gasteiger partial charge in [-0.2, -0.15) is 5.10 Å². The van der Waals surface area contributed by atoms with Crippen molar-refractivity contribution in [2.24, 2.45) is 7.05 Å². The lowest BCUT2D eigenvalue weighted by Crippen LogP contribution is -2.31. The quantitative estimate of drug-likeness (QED) is 0.483. The fourth-order valence-electron chi connectivity index (χ4n) is 3.39. The van der Waals surface area contributed by atoms with Crippen molar-refractivity contribution in [2.75, 3.05) is 6.54 Å². The monoisotopic (exact) mass is 435 g/mol. The maximum atomic E-state index is 13.5. The lowest BCUT2D eigenvalue weighted by Gasteiger charge is -2.08. The zero-order valence-corrected chi connectivity index (χ0v) is 17.4. The van der Waals surface area contributed by atoms with Gasteiger partial charge >= 0.3 is 0 Å². The third-order valence-electron chi connectivity index (χ3n) is 5.21. The molecule has 0 fully saturated rings. The molecule has 1 amide bonds. The summed E-state index contributed by atoms with van der Waals surface area (Å²) in [6, 6.07) is 9.02. The number of halogens is 2. The van der Waals surface area contributed by atoms with E-state index in [2.05, 4.69) is 27.4 Å². The minimum absolute atomic E-state index is 0.00344. The van der Waals surface area contributed by atoms with Crippen LogP contribution in [0.25, 0.3) is 10.9 Å². The first kappa shape index (κ1) is 21.1. The SMILES string of the molecule is Cc1c(C(=O)NCC#Cc2ccc3cn[nH]c3c2)c(=O)n(Cc2ccc(F)c(F)c2)n1C. The van der Waals surface area contributed by atoms with Gasteiger partial charge in [-0.15, -0.1) is 0 Å². The Labute approximate surface area is 181 Å². The first-order valence-corrected chi connectivity index (χ1v) is 9.75. The van der Waals surface area contributed by atoms with Gasteiger partial charge < -0.3 is 5.32 Å². The molecular formula is C23H19F2N5O2. The minimum Gasteiger partial charge on any atom is -0.341 e. The maximum absolute atomic E-state index is 13.5. The third-order valence-corrected chi connectivity index (χ3v) is 5.21. The number of amides is 1. The van der Waals surface area contributed by atoms with Crippen LogP contribution in [0.2, 0.25) is 0 Å². The van der Waals surface area contributed by atoms with Crippen molar-refractivity contribution in [1.82, 2.24) is 24.9 Å². The van der Waals surface area contributed by atoms with E-state index >= 15 is 0 Å². The smallest absolute Gasteiger partial charge is 0.280 e. The van der Waals surface area contributed by atoms with E-state index in [0.29, 0.717) is 11.3 Å². The fourth-order valence-corrected chi connectivity index (χ4v) is 3.39. The van der Waals surface area contributed by atoms with E-state index in [1.165, 1.54) is 15.4 Å². The fraction of sp³-hybridized carbons (Fsp3) is 0.174. The van der Waals surface area contributed by atoms with Gasteiger partial charge in [-0.1, -0.05) is 17.9 Å². The van der Waals surface area contributed by atoms with Gasteiger partial charge in [0.05, 0.1) is 24.8 Å². The first-order chi connectivity index (χ1) is 15.3. The van der Waals surface area contributed by atoms with E-state index in [-0.39, 0.29) is 18.7 Å². The predicted octanol–water partition coefficient (Wildman–Crippen LogP) is 2.48. The molecule has 162 valence electrons. The average Bonchev–Trinajstić information content (AvgIpc) is 3.32. The van der Waals surface area contributed by atoms with Crippen molar-refractivity contribution in [1.29, 1.82) is 0 Å². The molecular weight excluding hydrogens is 416 g/mol. The Morgan fingerprint density at radius 1 is 1.19 bits per heavy atom. The third kappa shape index (κ3) is 4.03. The van der Waals surface area contributed by atoms with Crippen molar-refractivity contribution < 1.29 is 13.6 Å². The minimum atomic E-state index is -0.996. The number of aromatic nitrogens is 4. The van der Waals surface area contributed by atoms with Crippen LogP contribution >= 0.6 is 0 Å². The van der Waals surface area contributed by atoms with E-state index < -0.39 is 23.1 Å². The van der Waals surface area contributed by atoms with Crippen LogP contribution in [0.4, 0.5) is 8.78 Å². The molecule has 0 unspecified atom stereocenters. The molecule has 0 spiro atoms. The normalized spacial score (nSPS) is 10.8. The largest absolute Gasteiger partial charge is 0.341 e. The van der Waals surface area contributed by atoms with E-state index in [4.69, 9.17) is 0 Å². The Morgan fingerprint density at radius 2 is 2.00 bits per heavy atom. The van der Waals surface area contributed by atoms with Gasteiger partial charge in [0.2, 0.25) is 0 Å². The Balaban J connectivity index is 1.48. The van der Waals surface area contributed by atoms with Crippen LogP contribution in [0.15, 0.2) is 47.4 Å². The highest BCUT2D eigenvalue weighted by Gasteiger charge is 2.21. The lowest BCUT2D eigenvalue weighted by molar-refractivity contribution is 0.0957. The summed E-state index contributed by atoms with van der Waals surface area (Å²) < 4.78 is 29.5. The van der Waals surface area contributed by atoms with Gasteiger partial charge in [-0.25, -0.2) is 13.5 Å². The summed E-state index contributed by atoms with van der Waals surface area (Å²) in [6.45, 7) is 1.69. The molecule has 2 N–H and O–H groups in total. The molecule has 0 saturated carbocycles. The van der Waals surface area contributed by atoms with Gasteiger partial charge in [-0.05, 0) is 42.8 Å². The topological polar surface area (TPSA) is 84.7 Å². The Kier molecular flexibility index (Phi) is 5.60. The summed E-state index contributed by atoms with van der Waals surface area (Å²) in [5.41, 5.74) is 1.94. The molecule has 0 aliphatic carbocycles. The summed E-state index contributed by atoms with van der Waals surface area (Å²) in [6.07, 6.45) is 1.72. The molecule has 2 aromatic heterocycles. The summed E-state index contributed by atoms with van der Waals surface area (Å²) in [5, 5.41) is 10.4. The van der Waals surface area contributed by atoms with Gasteiger partial charge in [0.1, 0.15) is 5.56 Å². The second kappa shape index (κ2) is 8.51. The van der Waals surface area contributed by atoms with Crippen LogP contribution in [0.5, 0.6) is 0 Å². The van der Waals surface area contributed by atoms with E-state index in [1.54, 1.807) is 20.2 Å². The van der Waals surface area contributed by atoms with Crippen molar-refractivity contribution in [2.45, 2.75) is 13.5 Å². The van der Waals surface area contributed by atoms with E-state index in [0.717, 1.165) is 28.6 Å². The molecule has 2 heterocycles. The van der Waals surface area contributed by atoms with Crippen LogP contribution in [-0.2, 0) is 13.6 Å². The van der Waals surface area contributed by atoms with Crippen LogP contribution in [0, 0.1) is 30.4 Å². The van der Waals surface area contributed by atoms with Gasteiger partial charge in [0.25, 0.3) is 11.5 Å². The second-order valence-electron chi connectivity index (χ2n) is 7.25. The number of nitrogens with zero attached hydrogens (tertiary/aromatic N) is 3. The summed E-state index contributed by atoms with van der Waals surface area (Å²) in [7, 11) is 1.62. The number of hydrogen-bond donors (Lipinski definition) is 2. The number of nitrogens with one attached hydrogen (secondary N) is 2. The number of fused-ring (bicyclic) bond motifs is 1. The summed E-state index contributed by atoms with van der Waals surface area (Å²) >= 11 is 0. The van der Waals surface area contributed by atoms with Crippen LogP contribution in [0.1, 0.15) is 27.2 Å². The highest BCUT2D eigenvalue weighted by molar-refractivity contribution is 5.95. The van der Waals surface area contributed by atoms with Crippen molar-refractivity contribution >= 4 is 16.8 Å². The van der Waals surface area contributed by atoms with E-state index in [9.17, 15) is 18.4 Å². The summed E-state index contributed by atoms with van der Waals surface area (Å²) in [5.74, 6) is 3.31. The highest BCUT2D eigenvalue weighted by Crippen LogP contribution is 2.12. The Bertz CT molecular complexity index is 1450. The molecule has 2 aromatic carbocycles. The van der Waals surface area contributed by atoms with Gasteiger partial charge in [0, 0.05) is 23.7 Å². The summed E-state index contributed by atoms with van der Waals surface area (Å²) in [4.78, 5) is 25.5. The van der Waals surface area contributed by atoms with Crippen molar-refractivity contribution in [3.63, 3.8) is 0 Å². The molecule has 32 heavy (non-hydrogen) atoms. The standard InChI is InChI=1S/C23H19F2N5O2/c1-14-21(23(32)30(29(14)2)13-16-6-8-18(24)19(25)10-16)22(31)26-9-3-4-15-5-7-17-12-27-28-20(17)11-15/h5-8,10-12H,9,13H2,1-2H3,(H,26,31)(H,27,28). The molecule has 0 bridgehead atoms. The predicted molar refractivity (Wildman–Crippen MR) is 115 cm³/mol. The lowest BCUT2D eigenvalue weighted by atomic mass is 10.2. The Morgan fingerprint density at radius 3 is 2.78 bits per heavy atom. The first-order valence-electron chi connectivity index (χ1n) is 9.75. The maximum Gasteiger partial charge on any atom is 0.280 e. The van der Waals surface area contributed by atoms with Crippen molar-refractivity contribution in [3.05, 3.63) is 87.0 Å². The second-order valence-corrected chi connectivity index (χ2v) is 7.25. The number of aromatic amines is 1. The molecule has 4 aromatic rings. The average molecular weight is 435 g/mol. The van der Waals surface area contributed by atoms with Gasteiger partial charge in [-0.3, -0.25) is 19.4 Å². The number of carbonyl (C=O) groups excluding carboxylic acids is 1. The zero-order chi connectivity index (χ0) is 22.8. The molecule has 0 saturated heterocycles. The number of rotatable bonds is 4. The molecule has 9 heteroatoms. The molecule has 0 aliphatic rings. The molecule has 4 rings (SSSR count). The number of hydrogen-bond acceptors (Lipinski definition) is 3. The molecule has 7 nitrogen and oxygen atoms in total. The Hall–Kier alpha value is -4.19. The van der Waals surface area contributed by atoms with Crippen LogP contribution < -0.4 is 10.9 Å². The number of carbonyl (C=O) groups is 1. The number of benzene rings is 2. The van der Waals surface area contributed by atoms with Crippen LogP contribution in [0.3, 0.4) is 0 Å². The van der Waals surface area contributed by atoms with Crippen LogP contribution in [-0.4, -0.2) is 32.0 Å². The number of H-pyrrole nitrogens is 1. The highest BCUT2D eigenvalue weighted by atomic mass is 19.2.